The molecule has 0 fully saturated rings. The van der Waals surface area contributed by atoms with Crippen molar-refractivity contribution in [3.8, 4) is 5.75 Å². The molecule has 0 saturated carbocycles. The molecule has 16 heavy (non-hydrogen) atoms. The molecule has 3 N–H and O–H groups in total. The number of ether oxygens (including phenoxy) is 1. The van der Waals surface area contributed by atoms with Gasteiger partial charge in [-0.1, -0.05) is 18.5 Å². The molecule has 2 rings (SSSR count). The van der Waals surface area contributed by atoms with Crippen LogP contribution in [-0.4, -0.2) is 19.7 Å². The molecule has 0 amide bonds. The van der Waals surface area contributed by atoms with Crippen LogP contribution in [0.15, 0.2) is 12.1 Å². The molecule has 0 aromatic heterocycles. The molecule has 0 aliphatic carbocycles. The second-order valence-corrected chi connectivity index (χ2v) is 4.68. The molecule has 1 aliphatic heterocycles. The van der Waals surface area contributed by atoms with Crippen LogP contribution in [0.25, 0.3) is 0 Å². The van der Waals surface area contributed by atoms with E-state index in [1.807, 2.05) is 12.1 Å². The molecule has 1 aromatic rings. The van der Waals surface area contributed by atoms with Gasteiger partial charge in [-0.2, -0.15) is 0 Å². The molecule has 1 heterocycles. The first kappa shape index (κ1) is 11.6. The summed E-state index contributed by atoms with van der Waals surface area (Å²) in [6.07, 6.45) is 0.920. The fraction of sp³-hybridized carbons (Fsp3) is 0.500. The van der Waals surface area contributed by atoms with E-state index in [0.717, 1.165) is 28.4 Å². The summed E-state index contributed by atoms with van der Waals surface area (Å²) >= 11 is 6.18. The number of benzene rings is 1. The van der Waals surface area contributed by atoms with Crippen molar-refractivity contribution in [2.24, 2.45) is 11.7 Å². The Balaban J connectivity index is 2.32. The highest BCUT2D eigenvalue weighted by Gasteiger charge is 2.28. The third-order valence-electron chi connectivity index (χ3n) is 3.25. The van der Waals surface area contributed by atoms with Crippen molar-refractivity contribution in [3.63, 3.8) is 0 Å². The third-order valence-corrected chi connectivity index (χ3v) is 3.60. The van der Waals surface area contributed by atoms with Crippen LogP contribution in [0.2, 0.25) is 5.02 Å². The summed E-state index contributed by atoms with van der Waals surface area (Å²) < 4.78 is 5.32. The Kier molecular flexibility index (Phi) is 3.26. The lowest BCUT2D eigenvalue weighted by Gasteiger charge is -2.18. The topological polar surface area (TPSA) is 47.3 Å². The molecule has 3 nitrogen and oxygen atoms in total. The van der Waals surface area contributed by atoms with Gasteiger partial charge in [-0.25, -0.2) is 0 Å². The maximum Gasteiger partial charge on any atom is 0.142 e. The van der Waals surface area contributed by atoms with Gasteiger partial charge in [0.25, 0.3) is 0 Å². The first-order valence-electron chi connectivity index (χ1n) is 5.49. The summed E-state index contributed by atoms with van der Waals surface area (Å²) in [6.45, 7) is 2.81. The summed E-state index contributed by atoms with van der Waals surface area (Å²) in [4.78, 5) is 0. The molecule has 88 valence electrons. The first-order valence-corrected chi connectivity index (χ1v) is 5.87. The average molecular weight is 241 g/mol. The van der Waals surface area contributed by atoms with E-state index in [0.29, 0.717) is 18.5 Å². The van der Waals surface area contributed by atoms with Gasteiger partial charge >= 0.3 is 0 Å². The van der Waals surface area contributed by atoms with Gasteiger partial charge in [0.15, 0.2) is 0 Å². The first-order chi connectivity index (χ1) is 7.67. The maximum atomic E-state index is 6.18. The minimum Gasteiger partial charge on any atom is -0.495 e. The molecule has 0 saturated heterocycles. The van der Waals surface area contributed by atoms with Crippen LogP contribution >= 0.6 is 11.6 Å². The van der Waals surface area contributed by atoms with E-state index < -0.39 is 0 Å². The highest BCUT2D eigenvalue weighted by Crippen LogP contribution is 2.40. The number of fused-ring (bicyclic) bond motifs is 1. The monoisotopic (exact) mass is 240 g/mol. The van der Waals surface area contributed by atoms with Crippen molar-refractivity contribution in [2.75, 3.05) is 19.0 Å². The minimum atomic E-state index is 0.355. The second kappa shape index (κ2) is 4.52. The van der Waals surface area contributed by atoms with Gasteiger partial charge in [-0.15, -0.1) is 0 Å². The molecule has 1 aliphatic rings. The Morgan fingerprint density at radius 2 is 2.38 bits per heavy atom. The third kappa shape index (κ3) is 1.85. The SMILES string of the molecule is COc1ccc(Cl)c2c1NC(C(C)CN)C2. The van der Waals surface area contributed by atoms with E-state index in [2.05, 4.69) is 12.2 Å². The summed E-state index contributed by atoms with van der Waals surface area (Å²) in [6, 6.07) is 4.13. The van der Waals surface area contributed by atoms with E-state index >= 15 is 0 Å². The molecular weight excluding hydrogens is 224 g/mol. The van der Waals surface area contributed by atoms with Crippen molar-refractivity contribution in [2.45, 2.75) is 19.4 Å². The van der Waals surface area contributed by atoms with E-state index in [1.54, 1.807) is 7.11 Å². The molecule has 1 aromatic carbocycles. The quantitative estimate of drug-likeness (QED) is 0.852. The van der Waals surface area contributed by atoms with Gasteiger partial charge < -0.3 is 15.8 Å². The zero-order chi connectivity index (χ0) is 11.7. The average Bonchev–Trinajstić information content (AvgIpc) is 2.74. The van der Waals surface area contributed by atoms with Crippen LogP contribution in [0, 0.1) is 5.92 Å². The maximum absolute atomic E-state index is 6.18. The Hall–Kier alpha value is -0.930. The van der Waals surface area contributed by atoms with Gasteiger partial charge in [0.1, 0.15) is 5.75 Å². The number of methoxy groups -OCH3 is 1. The predicted octanol–water partition coefficient (Wildman–Crippen LogP) is 2.28. The lowest BCUT2D eigenvalue weighted by atomic mass is 9.99. The molecule has 2 atom stereocenters. The van der Waals surface area contributed by atoms with Gasteiger partial charge in [0.2, 0.25) is 0 Å². The molecular formula is C12H17ClN2O. The van der Waals surface area contributed by atoms with Gasteiger partial charge in [-0.3, -0.25) is 0 Å². The lowest BCUT2D eigenvalue weighted by Crippen LogP contribution is -2.30. The lowest BCUT2D eigenvalue weighted by molar-refractivity contribution is 0.416. The number of anilines is 1. The highest BCUT2D eigenvalue weighted by molar-refractivity contribution is 6.32. The Labute approximate surface area is 101 Å². The van der Waals surface area contributed by atoms with E-state index in [4.69, 9.17) is 22.1 Å². The minimum absolute atomic E-state index is 0.355. The van der Waals surface area contributed by atoms with E-state index in [9.17, 15) is 0 Å². The number of hydrogen-bond donors (Lipinski definition) is 2. The van der Waals surface area contributed by atoms with Gasteiger partial charge in [-0.05, 0) is 36.6 Å². The predicted molar refractivity (Wildman–Crippen MR) is 67.3 cm³/mol. The Morgan fingerprint density at radius 3 is 3.00 bits per heavy atom. The second-order valence-electron chi connectivity index (χ2n) is 4.27. The molecule has 2 unspecified atom stereocenters. The standard InChI is InChI=1S/C12H17ClN2O/c1-7(6-14)10-5-8-9(13)3-4-11(16-2)12(8)15-10/h3-4,7,10,15H,5-6,14H2,1-2H3. The van der Waals surface area contributed by atoms with Crippen LogP contribution in [0.1, 0.15) is 12.5 Å². The largest absolute Gasteiger partial charge is 0.495 e. The van der Waals surface area contributed by atoms with Crippen molar-refractivity contribution in [1.82, 2.24) is 0 Å². The highest BCUT2D eigenvalue weighted by atomic mass is 35.5. The number of nitrogens with one attached hydrogen (secondary N) is 1. The zero-order valence-corrected chi connectivity index (χ0v) is 10.3. The summed E-state index contributed by atoms with van der Waals surface area (Å²) in [5, 5.41) is 4.26. The van der Waals surface area contributed by atoms with Crippen LogP contribution in [-0.2, 0) is 6.42 Å². The van der Waals surface area contributed by atoms with Crippen LogP contribution in [0.5, 0.6) is 5.75 Å². The molecule has 0 spiro atoms. The molecule has 4 heteroatoms. The smallest absolute Gasteiger partial charge is 0.142 e. The summed E-state index contributed by atoms with van der Waals surface area (Å²) in [5.41, 5.74) is 7.86. The van der Waals surface area contributed by atoms with Gasteiger partial charge in [0.05, 0.1) is 12.8 Å². The fourth-order valence-corrected chi connectivity index (χ4v) is 2.33. The Bertz CT molecular complexity index is 395. The number of nitrogens with two attached hydrogens (primary N) is 1. The van der Waals surface area contributed by atoms with Crippen molar-refractivity contribution >= 4 is 17.3 Å². The van der Waals surface area contributed by atoms with Crippen LogP contribution < -0.4 is 15.8 Å². The van der Waals surface area contributed by atoms with E-state index in [-0.39, 0.29) is 0 Å². The number of halogens is 1. The Morgan fingerprint density at radius 1 is 1.62 bits per heavy atom. The summed E-state index contributed by atoms with van der Waals surface area (Å²) in [5.74, 6) is 1.28. The van der Waals surface area contributed by atoms with Crippen LogP contribution in [0.3, 0.4) is 0 Å². The normalized spacial score (nSPS) is 20.1. The molecule has 0 radical (unpaired) electrons. The van der Waals surface area contributed by atoms with Crippen molar-refractivity contribution < 1.29 is 4.74 Å². The van der Waals surface area contributed by atoms with Crippen molar-refractivity contribution in [3.05, 3.63) is 22.7 Å². The van der Waals surface area contributed by atoms with E-state index in [1.165, 1.54) is 0 Å². The number of rotatable bonds is 3. The van der Waals surface area contributed by atoms with Gasteiger partial charge in [0, 0.05) is 11.1 Å². The molecule has 0 bridgehead atoms. The fourth-order valence-electron chi connectivity index (χ4n) is 2.09. The van der Waals surface area contributed by atoms with Crippen LogP contribution in [0.4, 0.5) is 5.69 Å². The summed E-state index contributed by atoms with van der Waals surface area (Å²) in [7, 11) is 1.67. The number of hydrogen-bond acceptors (Lipinski definition) is 3. The van der Waals surface area contributed by atoms with Crippen molar-refractivity contribution in [1.29, 1.82) is 0 Å². The zero-order valence-electron chi connectivity index (χ0n) is 9.59.